The molecule has 0 atom stereocenters. The minimum absolute atomic E-state index is 0.0303. The summed E-state index contributed by atoms with van der Waals surface area (Å²) in [7, 11) is 0. The SMILES string of the molecule is O=c1c2ccsc2ncn1Cc1csc(-c2ccc(Cl)cc2)n1. The summed E-state index contributed by atoms with van der Waals surface area (Å²) in [6.45, 7) is 0.418. The van der Waals surface area contributed by atoms with E-state index in [1.807, 2.05) is 41.1 Å². The van der Waals surface area contributed by atoms with Crippen LogP contribution in [0.3, 0.4) is 0 Å². The second-order valence-corrected chi connectivity index (χ2v) is 7.16. The van der Waals surface area contributed by atoms with E-state index >= 15 is 0 Å². The van der Waals surface area contributed by atoms with E-state index < -0.39 is 0 Å². The van der Waals surface area contributed by atoms with E-state index in [1.165, 1.54) is 11.3 Å². The smallest absolute Gasteiger partial charge is 0.262 e. The number of thiophene rings is 1. The molecule has 0 amide bonds. The summed E-state index contributed by atoms with van der Waals surface area (Å²) in [5.74, 6) is 0. The van der Waals surface area contributed by atoms with Gasteiger partial charge in [0.25, 0.3) is 5.56 Å². The number of halogens is 1. The summed E-state index contributed by atoms with van der Waals surface area (Å²) in [5, 5.41) is 6.12. The fraction of sp³-hybridized carbons (Fsp3) is 0.0625. The number of rotatable bonds is 3. The third-order valence-corrected chi connectivity index (χ3v) is 5.44. The van der Waals surface area contributed by atoms with Crippen LogP contribution in [0, 0.1) is 0 Å². The highest BCUT2D eigenvalue weighted by molar-refractivity contribution is 7.16. The maximum Gasteiger partial charge on any atom is 0.262 e. The zero-order valence-corrected chi connectivity index (χ0v) is 14.2. The highest BCUT2D eigenvalue weighted by atomic mass is 35.5. The molecule has 0 spiro atoms. The lowest BCUT2D eigenvalue weighted by Gasteiger charge is -2.02. The molecule has 0 saturated heterocycles. The Bertz CT molecular complexity index is 1030. The van der Waals surface area contributed by atoms with E-state index in [9.17, 15) is 4.79 Å². The molecule has 0 bridgehead atoms. The van der Waals surface area contributed by atoms with E-state index in [2.05, 4.69) is 9.97 Å². The first kappa shape index (κ1) is 14.6. The van der Waals surface area contributed by atoms with Crippen molar-refractivity contribution in [1.29, 1.82) is 0 Å². The van der Waals surface area contributed by atoms with Gasteiger partial charge in [0, 0.05) is 16.0 Å². The molecule has 4 rings (SSSR count). The van der Waals surface area contributed by atoms with Crippen LogP contribution in [0.25, 0.3) is 20.8 Å². The predicted molar refractivity (Wildman–Crippen MR) is 95.5 cm³/mol. The number of benzene rings is 1. The fourth-order valence-electron chi connectivity index (χ4n) is 2.29. The molecule has 0 radical (unpaired) electrons. The first-order valence-electron chi connectivity index (χ1n) is 6.84. The van der Waals surface area contributed by atoms with Crippen molar-refractivity contribution in [3.8, 4) is 10.6 Å². The van der Waals surface area contributed by atoms with Gasteiger partial charge in [0.1, 0.15) is 9.84 Å². The van der Waals surface area contributed by atoms with Gasteiger partial charge in [-0.3, -0.25) is 9.36 Å². The van der Waals surface area contributed by atoms with Crippen LogP contribution >= 0.6 is 34.3 Å². The molecule has 0 aliphatic heterocycles. The Hall–Kier alpha value is -2.02. The molecule has 0 aliphatic rings. The fourth-order valence-corrected chi connectivity index (χ4v) is 3.95. The van der Waals surface area contributed by atoms with Gasteiger partial charge in [-0.15, -0.1) is 22.7 Å². The molecular weight excluding hydrogens is 350 g/mol. The Labute approximate surface area is 144 Å². The van der Waals surface area contributed by atoms with Crippen LogP contribution in [0.2, 0.25) is 5.02 Å². The minimum atomic E-state index is -0.0303. The lowest BCUT2D eigenvalue weighted by atomic mass is 10.2. The first-order valence-corrected chi connectivity index (χ1v) is 8.97. The summed E-state index contributed by atoms with van der Waals surface area (Å²) in [5.41, 5.74) is 1.83. The third-order valence-electron chi connectivity index (χ3n) is 3.43. The molecule has 0 unspecified atom stereocenters. The topological polar surface area (TPSA) is 47.8 Å². The third kappa shape index (κ3) is 2.81. The van der Waals surface area contributed by atoms with Gasteiger partial charge in [-0.2, -0.15) is 0 Å². The largest absolute Gasteiger partial charge is 0.293 e. The van der Waals surface area contributed by atoms with E-state index in [1.54, 1.807) is 22.2 Å². The Kier molecular flexibility index (Phi) is 3.72. The molecule has 7 heteroatoms. The molecule has 3 heterocycles. The van der Waals surface area contributed by atoms with Crippen molar-refractivity contribution in [3.05, 3.63) is 68.5 Å². The zero-order chi connectivity index (χ0) is 15.8. The molecule has 3 aromatic heterocycles. The average molecular weight is 360 g/mol. The predicted octanol–water partition coefficient (Wildman–Crippen LogP) is 4.28. The van der Waals surface area contributed by atoms with Crippen molar-refractivity contribution in [1.82, 2.24) is 14.5 Å². The normalized spacial score (nSPS) is 11.2. The number of hydrogen-bond donors (Lipinski definition) is 0. The molecule has 0 N–H and O–H groups in total. The Morgan fingerprint density at radius 2 is 1.96 bits per heavy atom. The second kappa shape index (κ2) is 5.88. The van der Waals surface area contributed by atoms with Crippen molar-refractivity contribution < 1.29 is 0 Å². The van der Waals surface area contributed by atoms with E-state index in [-0.39, 0.29) is 5.56 Å². The molecule has 0 saturated carbocycles. The number of fused-ring (bicyclic) bond motifs is 1. The molecule has 114 valence electrons. The minimum Gasteiger partial charge on any atom is -0.293 e. The molecule has 0 aliphatic carbocycles. The second-order valence-electron chi connectivity index (χ2n) is 4.97. The van der Waals surface area contributed by atoms with Gasteiger partial charge < -0.3 is 0 Å². The standard InChI is InChI=1S/C16H10ClN3OS2/c17-11-3-1-10(2-4-11)14-19-12(8-23-14)7-20-9-18-15-13(16(20)21)5-6-22-15/h1-6,8-9H,7H2. The van der Waals surface area contributed by atoms with Crippen LogP contribution in [0.15, 0.2) is 52.2 Å². The van der Waals surface area contributed by atoms with Crippen LogP contribution in [0.5, 0.6) is 0 Å². The van der Waals surface area contributed by atoms with Gasteiger partial charge in [-0.25, -0.2) is 9.97 Å². The lowest BCUT2D eigenvalue weighted by Crippen LogP contribution is -2.20. The molecule has 4 nitrogen and oxygen atoms in total. The lowest BCUT2D eigenvalue weighted by molar-refractivity contribution is 0.735. The van der Waals surface area contributed by atoms with E-state index in [0.717, 1.165) is 21.1 Å². The van der Waals surface area contributed by atoms with Gasteiger partial charge in [0.2, 0.25) is 0 Å². The van der Waals surface area contributed by atoms with Gasteiger partial charge in [0.05, 0.1) is 24.0 Å². The maximum absolute atomic E-state index is 12.4. The van der Waals surface area contributed by atoms with Crippen molar-refractivity contribution in [3.63, 3.8) is 0 Å². The van der Waals surface area contributed by atoms with Gasteiger partial charge in [-0.05, 0) is 23.6 Å². The summed E-state index contributed by atoms with van der Waals surface area (Å²) in [6, 6.07) is 9.38. The number of nitrogens with zero attached hydrogens (tertiary/aromatic N) is 3. The van der Waals surface area contributed by atoms with Crippen LogP contribution in [0.4, 0.5) is 0 Å². The molecule has 0 fully saturated rings. The quantitative estimate of drug-likeness (QED) is 0.548. The van der Waals surface area contributed by atoms with Crippen LogP contribution in [-0.4, -0.2) is 14.5 Å². The Morgan fingerprint density at radius 3 is 2.78 bits per heavy atom. The maximum atomic E-state index is 12.4. The van der Waals surface area contributed by atoms with E-state index in [4.69, 9.17) is 11.6 Å². The molecule has 1 aromatic carbocycles. The zero-order valence-electron chi connectivity index (χ0n) is 11.8. The molecular formula is C16H10ClN3OS2. The number of thiazole rings is 1. The van der Waals surface area contributed by atoms with Gasteiger partial charge >= 0.3 is 0 Å². The highest BCUT2D eigenvalue weighted by Crippen LogP contribution is 2.25. The number of aromatic nitrogens is 3. The van der Waals surface area contributed by atoms with Crippen molar-refractivity contribution >= 4 is 44.5 Å². The monoisotopic (exact) mass is 359 g/mol. The van der Waals surface area contributed by atoms with Crippen LogP contribution in [-0.2, 0) is 6.54 Å². The van der Waals surface area contributed by atoms with Crippen molar-refractivity contribution in [2.24, 2.45) is 0 Å². The first-order chi connectivity index (χ1) is 11.2. The van der Waals surface area contributed by atoms with Crippen LogP contribution < -0.4 is 5.56 Å². The summed E-state index contributed by atoms with van der Waals surface area (Å²) in [6.07, 6.45) is 1.59. The molecule has 23 heavy (non-hydrogen) atoms. The summed E-state index contributed by atoms with van der Waals surface area (Å²) < 4.78 is 1.59. The van der Waals surface area contributed by atoms with Crippen molar-refractivity contribution in [2.75, 3.05) is 0 Å². The number of hydrogen-bond acceptors (Lipinski definition) is 5. The Morgan fingerprint density at radius 1 is 1.13 bits per heavy atom. The van der Waals surface area contributed by atoms with Crippen LogP contribution in [0.1, 0.15) is 5.69 Å². The van der Waals surface area contributed by atoms with Gasteiger partial charge in [-0.1, -0.05) is 23.7 Å². The summed E-state index contributed by atoms with van der Waals surface area (Å²) in [4.78, 5) is 22.1. The average Bonchev–Trinajstić information content (AvgIpc) is 3.20. The Balaban J connectivity index is 1.65. The van der Waals surface area contributed by atoms with E-state index in [0.29, 0.717) is 17.0 Å². The summed E-state index contributed by atoms with van der Waals surface area (Å²) >= 11 is 8.93. The van der Waals surface area contributed by atoms with Crippen molar-refractivity contribution in [2.45, 2.75) is 6.54 Å². The highest BCUT2D eigenvalue weighted by Gasteiger charge is 2.09. The molecule has 4 aromatic rings. The van der Waals surface area contributed by atoms with Gasteiger partial charge in [0.15, 0.2) is 0 Å².